The fourth-order valence-corrected chi connectivity index (χ4v) is 2.62. The van der Waals surface area contributed by atoms with Gasteiger partial charge in [0.15, 0.2) is 5.78 Å². The number of rotatable bonds is 9. The van der Waals surface area contributed by atoms with Gasteiger partial charge in [0.2, 0.25) is 0 Å². The Morgan fingerprint density at radius 3 is 2.07 bits per heavy atom. The number of benzene rings is 2. The zero-order chi connectivity index (χ0) is 22.3. The van der Waals surface area contributed by atoms with Crippen LogP contribution in [0, 0.1) is 11.8 Å². The molecule has 6 nitrogen and oxygen atoms in total. The highest BCUT2D eigenvalue weighted by Gasteiger charge is 2.22. The average Bonchev–Trinajstić information content (AvgIpc) is 2.75. The van der Waals surface area contributed by atoms with E-state index in [0.29, 0.717) is 10.6 Å². The van der Waals surface area contributed by atoms with E-state index < -0.39 is 18.0 Å². The largest absolute Gasteiger partial charge is 0.463 e. The van der Waals surface area contributed by atoms with E-state index in [-0.39, 0.29) is 42.0 Å². The van der Waals surface area contributed by atoms with Crippen molar-refractivity contribution in [1.82, 2.24) is 0 Å². The molecule has 2 unspecified atom stereocenters. The van der Waals surface area contributed by atoms with Crippen LogP contribution >= 0.6 is 11.6 Å². The normalized spacial score (nSPS) is 12.9. The van der Waals surface area contributed by atoms with Gasteiger partial charge in [-0.05, 0) is 36.2 Å². The van der Waals surface area contributed by atoms with Crippen molar-refractivity contribution < 1.29 is 29.0 Å². The monoisotopic (exact) mass is 432 g/mol. The summed E-state index contributed by atoms with van der Waals surface area (Å²) in [5.74, 6) is -1.72. The van der Waals surface area contributed by atoms with Gasteiger partial charge < -0.3 is 14.6 Å². The SMILES string of the molecule is CC(C)C(C)C(=O)OCC(O)COC(=O)c1ccccc1C(=O)c1ccc(Cl)cc1. The van der Waals surface area contributed by atoms with Crippen molar-refractivity contribution in [1.29, 1.82) is 0 Å². The zero-order valence-corrected chi connectivity index (χ0v) is 17.9. The van der Waals surface area contributed by atoms with Crippen LogP contribution in [0.15, 0.2) is 48.5 Å². The van der Waals surface area contributed by atoms with Gasteiger partial charge in [0, 0.05) is 16.1 Å². The van der Waals surface area contributed by atoms with Crippen molar-refractivity contribution in [2.75, 3.05) is 13.2 Å². The summed E-state index contributed by atoms with van der Waals surface area (Å²) in [7, 11) is 0. The highest BCUT2D eigenvalue weighted by molar-refractivity contribution is 6.30. The summed E-state index contributed by atoms with van der Waals surface area (Å²) < 4.78 is 10.2. The second-order valence-electron chi connectivity index (χ2n) is 7.30. The van der Waals surface area contributed by atoms with Gasteiger partial charge in [-0.1, -0.05) is 50.6 Å². The Morgan fingerprint density at radius 1 is 0.900 bits per heavy atom. The maximum absolute atomic E-state index is 12.8. The van der Waals surface area contributed by atoms with E-state index in [0.717, 1.165) is 0 Å². The van der Waals surface area contributed by atoms with Crippen molar-refractivity contribution in [2.24, 2.45) is 11.8 Å². The van der Waals surface area contributed by atoms with Crippen LogP contribution in [-0.2, 0) is 14.3 Å². The molecule has 0 radical (unpaired) electrons. The summed E-state index contributed by atoms with van der Waals surface area (Å²) in [5.41, 5.74) is 0.637. The van der Waals surface area contributed by atoms with Crippen molar-refractivity contribution >= 4 is 29.3 Å². The quantitative estimate of drug-likeness (QED) is 0.477. The van der Waals surface area contributed by atoms with E-state index in [9.17, 15) is 19.5 Å². The first-order valence-electron chi connectivity index (χ1n) is 9.61. The first-order chi connectivity index (χ1) is 14.2. The number of aliphatic hydroxyl groups is 1. The lowest BCUT2D eigenvalue weighted by atomic mass is 9.98. The molecule has 0 bridgehead atoms. The molecular weight excluding hydrogens is 408 g/mol. The van der Waals surface area contributed by atoms with E-state index in [4.69, 9.17) is 21.1 Å². The Labute approximate surface area is 180 Å². The summed E-state index contributed by atoms with van der Waals surface area (Å²) >= 11 is 5.85. The summed E-state index contributed by atoms with van der Waals surface area (Å²) in [6, 6.07) is 12.6. The standard InChI is InChI=1S/C23H25ClO6/c1-14(2)15(3)22(27)29-12-18(25)13-30-23(28)20-7-5-4-6-19(20)21(26)16-8-10-17(24)11-9-16/h4-11,14-15,18,25H,12-13H2,1-3H3. The van der Waals surface area contributed by atoms with Crippen LogP contribution in [0.2, 0.25) is 5.02 Å². The maximum atomic E-state index is 12.8. The number of esters is 2. The second kappa shape index (κ2) is 10.9. The van der Waals surface area contributed by atoms with Crippen LogP contribution in [0.1, 0.15) is 47.1 Å². The Kier molecular flexibility index (Phi) is 8.57. The Hall–Kier alpha value is -2.70. The molecule has 0 saturated heterocycles. The van der Waals surface area contributed by atoms with Crippen molar-refractivity contribution in [2.45, 2.75) is 26.9 Å². The summed E-state index contributed by atoms with van der Waals surface area (Å²) in [5, 5.41) is 10.5. The fraction of sp³-hybridized carbons (Fsp3) is 0.348. The number of carbonyl (C=O) groups is 3. The number of hydrogen-bond acceptors (Lipinski definition) is 6. The molecule has 30 heavy (non-hydrogen) atoms. The lowest BCUT2D eigenvalue weighted by Crippen LogP contribution is -2.28. The minimum Gasteiger partial charge on any atom is -0.463 e. The van der Waals surface area contributed by atoms with Crippen molar-refractivity contribution in [3.8, 4) is 0 Å². The summed E-state index contributed by atoms with van der Waals surface area (Å²) in [6.07, 6.45) is -1.17. The number of halogens is 1. The van der Waals surface area contributed by atoms with Gasteiger partial charge >= 0.3 is 11.9 Å². The van der Waals surface area contributed by atoms with E-state index in [1.54, 1.807) is 43.3 Å². The number of carbonyl (C=O) groups excluding carboxylic acids is 3. The molecule has 0 aliphatic rings. The van der Waals surface area contributed by atoms with Crippen LogP contribution in [0.5, 0.6) is 0 Å². The van der Waals surface area contributed by atoms with Gasteiger partial charge in [0.05, 0.1) is 11.5 Å². The molecular formula is C23H25ClO6. The highest BCUT2D eigenvalue weighted by atomic mass is 35.5. The minimum atomic E-state index is -1.17. The Bertz CT molecular complexity index is 891. The molecule has 0 saturated carbocycles. The smallest absolute Gasteiger partial charge is 0.338 e. The number of ether oxygens (including phenoxy) is 2. The van der Waals surface area contributed by atoms with Gasteiger partial charge in [-0.15, -0.1) is 0 Å². The van der Waals surface area contributed by atoms with Gasteiger partial charge in [0.1, 0.15) is 19.3 Å². The maximum Gasteiger partial charge on any atom is 0.338 e. The second-order valence-corrected chi connectivity index (χ2v) is 7.73. The molecule has 0 amide bonds. The molecule has 0 aliphatic carbocycles. The number of ketones is 1. The van der Waals surface area contributed by atoms with E-state index in [1.165, 1.54) is 12.1 Å². The summed E-state index contributed by atoms with van der Waals surface area (Å²) in [6.45, 7) is 4.88. The third-order valence-corrected chi connectivity index (χ3v) is 4.95. The predicted octanol–water partition coefficient (Wildman–Crippen LogP) is 3.92. The third-order valence-electron chi connectivity index (χ3n) is 4.69. The predicted molar refractivity (Wildman–Crippen MR) is 113 cm³/mol. The highest BCUT2D eigenvalue weighted by Crippen LogP contribution is 2.18. The first-order valence-corrected chi connectivity index (χ1v) is 9.99. The van der Waals surface area contributed by atoms with E-state index in [1.807, 2.05) is 13.8 Å². The third kappa shape index (κ3) is 6.40. The van der Waals surface area contributed by atoms with E-state index in [2.05, 4.69) is 0 Å². The molecule has 0 heterocycles. The topological polar surface area (TPSA) is 89.9 Å². The molecule has 2 rings (SSSR count). The molecule has 0 fully saturated rings. The first kappa shape index (κ1) is 23.6. The Balaban J connectivity index is 1.98. The van der Waals surface area contributed by atoms with Crippen LogP contribution in [-0.4, -0.2) is 42.1 Å². The van der Waals surface area contributed by atoms with Gasteiger partial charge in [-0.3, -0.25) is 9.59 Å². The lowest BCUT2D eigenvalue weighted by Gasteiger charge is -2.17. The lowest BCUT2D eigenvalue weighted by molar-refractivity contribution is -0.153. The zero-order valence-electron chi connectivity index (χ0n) is 17.1. The molecule has 0 aliphatic heterocycles. The molecule has 0 aromatic heterocycles. The number of hydrogen-bond donors (Lipinski definition) is 1. The van der Waals surface area contributed by atoms with Crippen molar-refractivity contribution in [3.05, 3.63) is 70.2 Å². The van der Waals surface area contributed by atoms with Crippen LogP contribution in [0.25, 0.3) is 0 Å². The summed E-state index contributed by atoms with van der Waals surface area (Å²) in [4.78, 5) is 37.1. The molecule has 2 aromatic rings. The van der Waals surface area contributed by atoms with Gasteiger partial charge in [-0.25, -0.2) is 4.79 Å². The fourth-order valence-electron chi connectivity index (χ4n) is 2.50. The van der Waals surface area contributed by atoms with Crippen LogP contribution in [0.4, 0.5) is 0 Å². The molecule has 160 valence electrons. The van der Waals surface area contributed by atoms with Crippen LogP contribution in [0.3, 0.4) is 0 Å². The van der Waals surface area contributed by atoms with Crippen LogP contribution < -0.4 is 0 Å². The molecule has 0 spiro atoms. The Morgan fingerprint density at radius 2 is 1.47 bits per heavy atom. The van der Waals surface area contributed by atoms with Gasteiger partial charge in [0.25, 0.3) is 0 Å². The molecule has 2 atom stereocenters. The molecule has 7 heteroatoms. The number of aliphatic hydroxyl groups excluding tert-OH is 1. The minimum absolute atomic E-state index is 0.0788. The molecule has 2 aromatic carbocycles. The van der Waals surface area contributed by atoms with E-state index >= 15 is 0 Å². The van der Waals surface area contributed by atoms with Crippen molar-refractivity contribution in [3.63, 3.8) is 0 Å². The average molecular weight is 433 g/mol. The van der Waals surface area contributed by atoms with Gasteiger partial charge in [-0.2, -0.15) is 0 Å². The molecule has 1 N–H and O–H groups in total.